The van der Waals surface area contributed by atoms with Crippen LogP contribution in [0.1, 0.15) is 233 Å². The minimum absolute atomic E-state index is 0.0657. The Balaban J connectivity index is 4.04. The average Bonchev–Trinajstić information content (AvgIpc) is 3.08. The van der Waals surface area contributed by atoms with E-state index < -0.39 is 6.10 Å². The highest BCUT2D eigenvalue weighted by molar-refractivity contribution is 5.71. The molecular weight excluding hydrogens is 612 g/mol. The van der Waals surface area contributed by atoms with Crippen LogP contribution in [-0.4, -0.2) is 37.2 Å². The van der Waals surface area contributed by atoms with E-state index in [1.807, 2.05) is 0 Å². The molecule has 0 saturated heterocycles. The van der Waals surface area contributed by atoms with E-state index in [0.29, 0.717) is 19.3 Å². The van der Waals surface area contributed by atoms with Gasteiger partial charge in [-0.1, -0.05) is 195 Å². The first-order valence-corrected chi connectivity index (χ1v) is 21.4. The molecule has 0 bridgehead atoms. The molecule has 0 unspecified atom stereocenters. The van der Waals surface area contributed by atoms with Gasteiger partial charge >= 0.3 is 17.9 Å². The number of esters is 3. The van der Waals surface area contributed by atoms with E-state index in [-0.39, 0.29) is 31.1 Å². The Morgan fingerprint density at radius 3 is 1.00 bits per heavy atom. The summed E-state index contributed by atoms with van der Waals surface area (Å²) in [6.07, 6.45) is 35.6. The second-order valence-electron chi connectivity index (χ2n) is 15.1. The van der Waals surface area contributed by atoms with E-state index in [1.165, 1.54) is 122 Å². The number of hydrogen-bond acceptors (Lipinski definition) is 6. The van der Waals surface area contributed by atoms with Crippen molar-refractivity contribution in [3.05, 3.63) is 0 Å². The molecule has 0 fully saturated rings. The van der Waals surface area contributed by atoms with Crippen LogP contribution in [0.15, 0.2) is 0 Å². The molecule has 6 heteroatoms. The van der Waals surface area contributed by atoms with Gasteiger partial charge in [-0.2, -0.15) is 0 Å². The summed E-state index contributed by atoms with van der Waals surface area (Å²) in [6.45, 7) is 8.88. The van der Waals surface area contributed by atoms with Crippen molar-refractivity contribution < 1.29 is 28.6 Å². The molecule has 0 aromatic carbocycles. The average molecular weight is 695 g/mol. The first kappa shape index (κ1) is 47.4. The molecular formula is C43H82O6. The smallest absolute Gasteiger partial charge is 0.306 e. The fourth-order valence-corrected chi connectivity index (χ4v) is 6.27. The summed E-state index contributed by atoms with van der Waals surface area (Å²) in [6, 6.07) is 0. The van der Waals surface area contributed by atoms with Crippen molar-refractivity contribution >= 4 is 17.9 Å². The normalized spacial score (nSPS) is 11.9. The van der Waals surface area contributed by atoms with E-state index in [2.05, 4.69) is 27.7 Å². The molecule has 1 atom stereocenters. The molecule has 0 aromatic rings. The van der Waals surface area contributed by atoms with E-state index in [0.717, 1.165) is 70.1 Å². The number of carbonyl (C=O) groups is 3. The zero-order chi connectivity index (χ0) is 36.0. The van der Waals surface area contributed by atoms with Gasteiger partial charge in [-0.05, 0) is 25.2 Å². The molecule has 0 amide bonds. The third-order valence-corrected chi connectivity index (χ3v) is 9.54. The maximum atomic E-state index is 12.5. The Morgan fingerprint density at radius 1 is 0.388 bits per heavy atom. The van der Waals surface area contributed by atoms with Crippen LogP contribution in [-0.2, 0) is 28.6 Å². The fourth-order valence-electron chi connectivity index (χ4n) is 6.27. The Morgan fingerprint density at radius 2 is 0.673 bits per heavy atom. The van der Waals surface area contributed by atoms with Crippen LogP contribution in [0.5, 0.6) is 0 Å². The van der Waals surface area contributed by atoms with Crippen LogP contribution >= 0.6 is 0 Å². The fraction of sp³-hybridized carbons (Fsp3) is 0.930. The molecule has 0 heterocycles. The molecule has 0 spiro atoms. The highest BCUT2D eigenvalue weighted by Gasteiger charge is 2.19. The largest absolute Gasteiger partial charge is 0.462 e. The minimum Gasteiger partial charge on any atom is -0.462 e. The predicted molar refractivity (Wildman–Crippen MR) is 206 cm³/mol. The highest BCUT2D eigenvalue weighted by Crippen LogP contribution is 2.16. The number of ether oxygens (including phenoxy) is 3. The van der Waals surface area contributed by atoms with E-state index in [1.54, 1.807) is 0 Å². The summed E-state index contributed by atoms with van der Waals surface area (Å²) in [7, 11) is 0. The molecule has 0 aliphatic heterocycles. The van der Waals surface area contributed by atoms with Crippen molar-refractivity contribution in [1.29, 1.82) is 0 Å². The summed E-state index contributed by atoms with van der Waals surface area (Å²) < 4.78 is 16.5. The number of unbranched alkanes of at least 4 members (excludes halogenated alkanes) is 25. The van der Waals surface area contributed by atoms with Crippen LogP contribution in [0.4, 0.5) is 0 Å². The van der Waals surface area contributed by atoms with Crippen LogP contribution in [0.3, 0.4) is 0 Å². The molecule has 0 rings (SSSR count). The third kappa shape index (κ3) is 37.5. The molecule has 6 nitrogen and oxygen atoms in total. The summed E-state index contributed by atoms with van der Waals surface area (Å²) in [5, 5.41) is 0. The van der Waals surface area contributed by atoms with E-state index >= 15 is 0 Å². The van der Waals surface area contributed by atoms with Crippen molar-refractivity contribution in [2.75, 3.05) is 13.2 Å². The van der Waals surface area contributed by atoms with Gasteiger partial charge in [-0.25, -0.2) is 0 Å². The van der Waals surface area contributed by atoms with Crippen molar-refractivity contribution in [2.24, 2.45) is 5.92 Å². The maximum Gasteiger partial charge on any atom is 0.306 e. The van der Waals surface area contributed by atoms with Crippen LogP contribution in [0.25, 0.3) is 0 Å². The summed E-state index contributed by atoms with van der Waals surface area (Å²) >= 11 is 0. The Bertz CT molecular complexity index is 736. The van der Waals surface area contributed by atoms with Gasteiger partial charge in [0.2, 0.25) is 0 Å². The van der Waals surface area contributed by atoms with Crippen LogP contribution in [0.2, 0.25) is 0 Å². The molecule has 0 saturated carbocycles. The summed E-state index contributed by atoms with van der Waals surface area (Å²) in [5.74, 6) is -0.0266. The predicted octanol–water partition coefficient (Wildman–Crippen LogP) is 13.2. The first-order valence-electron chi connectivity index (χ1n) is 21.4. The number of rotatable bonds is 38. The zero-order valence-corrected chi connectivity index (χ0v) is 33.1. The first-order chi connectivity index (χ1) is 23.9. The molecule has 49 heavy (non-hydrogen) atoms. The molecule has 0 aliphatic rings. The number of hydrogen-bond donors (Lipinski definition) is 0. The van der Waals surface area contributed by atoms with Crippen molar-refractivity contribution in [3.63, 3.8) is 0 Å². The monoisotopic (exact) mass is 695 g/mol. The van der Waals surface area contributed by atoms with Crippen molar-refractivity contribution in [1.82, 2.24) is 0 Å². The SMILES string of the molecule is CCCCCCCCCC(=O)O[C@H](COC(=O)CCCCCCC)COC(=O)CCCCCCCCCCCCCCCCCCC(C)C. The molecule has 0 N–H and O–H groups in total. The Labute approximate surface area is 304 Å². The van der Waals surface area contributed by atoms with Gasteiger partial charge in [-0.3, -0.25) is 14.4 Å². The number of carbonyl (C=O) groups excluding carboxylic acids is 3. The van der Waals surface area contributed by atoms with E-state index in [9.17, 15) is 14.4 Å². The van der Waals surface area contributed by atoms with Gasteiger partial charge < -0.3 is 14.2 Å². The van der Waals surface area contributed by atoms with Gasteiger partial charge in [0.1, 0.15) is 13.2 Å². The summed E-state index contributed by atoms with van der Waals surface area (Å²) in [4.78, 5) is 37.2. The van der Waals surface area contributed by atoms with Gasteiger partial charge in [0.15, 0.2) is 6.10 Å². The van der Waals surface area contributed by atoms with Crippen molar-refractivity contribution in [3.8, 4) is 0 Å². The Kier molecular flexibility index (Phi) is 36.4. The standard InChI is InChI=1S/C43H82O6/c1-5-7-9-11-22-28-32-36-43(46)49-40(37-47-41(44)34-30-25-10-8-6-2)38-48-42(45)35-31-27-24-21-19-17-15-13-12-14-16-18-20-23-26-29-33-39(3)4/h39-40H,5-38H2,1-4H3/t40-/m1/s1. The molecule has 0 aromatic heterocycles. The molecule has 290 valence electrons. The lowest BCUT2D eigenvalue weighted by molar-refractivity contribution is -0.167. The van der Waals surface area contributed by atoms with Gasteiger partial charge in [0, 0.05) is 19.3 Å². The lowest BCUT2D eigenvalue weighted by Crippen LogP contribution is -2.30. The Hall–Kier alpha value is -1.59. The quantitative estimate of drug-likeness (QED) is 0.0364. The van der Waals surface area contributed by atoms with Crippen molar-refractivity contribution in [2.45, 2.75) is 239 Å². The van der Waals surface area contributed by atoms with Gasteiger partial charge in [0.25, 0.3) is 0 Å². The minimum atomic E-state index is -0.755. The van der Waals surface area contributed by atoms with Gasteiger partial charge in [0.05, 0.1) is 0 Å². The lowest BCUT2D eigenvalue weighted by Gasteiger charge is -2.18. The van der Waals surface area contributed by atoms with Crippen LogP contribution in [0, 0.1) is 5.92 Å². The lowest BCUT2D eigenvalue weighted by atomic mass is 10.0. The second kappa shape index (κ2) is 37.7. The van der Waals surface area contributed by atoms with Gasteiger partial charge in [-0.15, -0.1) is 0 Å². The molecule has 0 aliphatic carbocycles. The topological polar surface area (TPSA) is 78.9 Å². The van der Waals surface area contributed by atoms with Crippen LogP contribution < -0.4 is 0 Å². The molecule has 0 radical (unpaired) electrons. The maximum absolute atomic E-state index is 12.5. The highest BCUT2D eigenvalue weighted by atomic mass is 16.6. The summed E-state index contributed by atoms with van der Waals surface area (Å²) in [5.41, 5.74) is 0. The second-order valence-corrected chi connectivity index (χ2v) is 15.1. The zero-order valence-electron chi connectivity index (χ0n) is 33.1. The third-order valence-electron chi connectivity index (χ3n) is 9.54. The van der Waals surface area contributed by atoms with E-state index in [4.69, 9.17) is 14.2 Å².